The lowest BCUT2D eigenvalue weighted by Crippen LogP contribution is -2.05. The molecule has 1 aromatic carbocycles. The minimum atomic E-state index is 0.0314. The van der Waals surface area contributed by atoms with Crippen molar-refractivity contribution in [1.82, 2.24) is 9.55 Å². The van der Waals surface area contributed by atoms with Crippen LogP contribution in [0.15, 0.2) is 41.6 Å². The Balaban J connectivity index is 1.88. The molecular formula is C21H21N3O2S. The third-order valence-corrected chi connectivity index (χ3v) is 5.35. The molecule has 0 N–H and O–H groups in total. The minimum absolute atomic E-state index is 0.0314. The molecule has 0 amide bonds. The molecular weight excluding hydrogens is 358 g/mol. The number of benzene rings is 1. The largest absolute Gasteiger partial charge is 0.380 e. The quantitative estimate of drug-likeness (QED) is 0.451. The first kappa shape index (κ1) is 19.2. The van der Waals surface area contributed by atoms with E-state index in [0.29, 0.717) is 22.8 Å². The number of rotatable bonds is 7. The number of carbonyl (C=O) groups is 1. The first-order chi connectivity index (χ1) is 13.1. The topological polar surface area (TPSA) is 67.9 Å². The lowest BCUT2D eigenvalue weighted by molar-refractivity contribution is 0.102. The highest BCUT2D eigenvalue weighted by Gasteiger charge is 2.17. The minimum Gasteiger partial charge on any atom is -0.380 e. The van der Waals surface area contributed by atoms with Crippen molar-refractivity contribution in [1.29, 1.82) is 5.26 Å². The van der Waals surface area contributed by atoms with Crippen LogP contribution < -0.4 is 0 Å². The van der Waals surface area contributed by atoms with Gasteiger partial charge in [-0.15, -0.1) is 0 Å². The summed E-state index contributed by atoms with van der Waals surface area (Å²) in [4.78, 5) is 17.4. The standard InChI is InChI=1S/C21H21N3O2S/c1-4-24-11-18(16-7-5-6-8-19(16)24)20(25)13-27-21-17(10-22)15(12-26-3)9-14(2)23-21/h5-9,11H,4,12-13H2,1-3H3. The van der Waals surface area contributed by atoms with Crippen molar-refractivity contribution >= 4 is 28.4 Å². The van der Waals surface area contributed by atoms with E-state index in [4.69, 9.17) is 4.74 Å². The zero-order chi connectivity index (χ0) is 19.4. The summed E-state index contributed by atoms with van der Waals surface area (Å²) in [6, 6.07) is 12.0. The molecule has 0 aliphatic carbocycles. The van der Waals surface area contributed by atoms with Gasteiger partial charge in [0.05, 0.1) is 17.9 Å². The van der Waals surface area contributed by atoms with Gasteiger partial charge in [-0.1, -0.05) is 30.0 Å². The van der Waals surface area contributed by atoms with E-state index in [-0.39, 0.29) is 11.5 Å². The number of carbonyl (C=O) groups excluding carboxylic acids is 1. The summed E-state index contributed by atoms with van der Waals surface area (Å²) in [6.07, 6.45) is 1.92. The van der Waals surface area contributed by atoms with Crippen LogP contribution in [0.1, 0.15) is 34.1 Å². The van der Waals surface area contributed by atoms with Gasteiger partial charge in [-0.25, -0.2) is 4.98 Å². The first-order valence-corrected chi connectivity index (χ1v) is 9.71. The average Bonchev–Trinajstić information content (AvgIpc) is 3.05. The molecule has 0 atom stereocenters. The molecule has 27 heavy (non-hydrogen) atoms. The van der Waals surface area contributed by atoms with Crippen LogP contribution in [0.25, 0.3) is 10.9 Å². The fraction of sp³-hybridized carbons (Fsp3) is 0.286. The lowest BCUT2D eigenvalue weighted by atomic mass is 10.1. The molecule has 0 bridgehead atoms. The van der Waals surface area contributed by atoms with E-state index in [1.165, 1.54) is 11.8 Å². The number of aryl methyl sites for hydroxylation is 2. The molecule has 5 nitrogen and oxygen atoms in total. The van der Waals surface area contributed by atoms with Crippen molar-refractivity contribution in [2.45, 2.75) is 32.0 Å². The van der Waals surface area contributed by atoms with Crippen molar-refractivity contribution < 1.29 is 9.53 Å². The summed E-state index contributed by atoms with van der Waals surface area (Å²) in [6.45, 7) is 5.08. The number of ether oxygens (including phenoxy) is 1. The summed E-state index contributed by atoms with van der Waals surface area (Å²) >= 11 is 1.31. The predicted octanol–water partition coefficient (Wildman–Crippen LogP) is 4.36. The second kappa shape index (κ2) is 8.38. The van der Waals surface area contributed by atoms with Gasteiger partial charge in [0.25, 0.3) is 0 Å². The van der Waals surface area contributed by atoms with Gasteiger partial charge >= 0.3 is 0 Å². The highest BCUT2D eigenvalue weighted by atomic mass is 32.2. The van der Waals surface area contributed by atoms with Crippen LogP contribution in [-0.4, -0.2) is 28.2 Å². The van der Waals surface area contributed by atoms with Crippen LogP contribution in [0.3, 0.4) is 0 Å². The van der Waals surface area contributed by atoms with Crippen LogP contribution in [0.2, 0.25) is 0 Å². The average molecular weight is 379 g/mol. The molecule has 0 saturated carbocycles. The van der Waals surface area contributed by atoms with Crippen LogP contribution in [0, 0.1) is 18.3 Å². The first-order valence-electron chi connectivity index (χ1n) is 8.72. The van der Waals surface area contributed by atoms with Crippen LogP contribution >= 0.6 is 11.8 Å². The van der Waals surface area contributed by atoms with Crippen molar-refractivity contribution in [2.75, 3.05) is 12.9 Å². The third kappa shape index (κ3) is 3.90. The monoisotopic (exact) mass is 379 g/mol. The highest BCUT2D eigenvalue weighted by Crippen LogP contribution is 2.27. The van der Waals surface area contributed by atoms with E-state index in [9.17, 15) is 10.1 Å². The highest BCUT2D eigenvalue weighted by molar-refractivity contribution is 8.00. The van der Waals surface area contributed by atoms with Gasteiger partial charge < -0.3 is 9.30 Å². The van der Waals surface area contributed by atoms with E-state index in [0.717, 1.165) is 28.7 Å². The number of para-hydroxylation sites is 1. The van der Waals surface area contributed by atoms with Gasteiger partial charge in [-0.3, -0.25) is 4.79 Å². The van der Waals surface area contributed by atoms with E-state index >= 15 is 0 Å². The number of pyridine rings is 1. The van der Waals surface area contributed by atoms with E-state index in [2.05, 4.69) is 22.5 Å². The van der Waals surface area contributed by atoms with Crippen molar-refractivity contribution in [3.8, 4) is 6.07 Å². The SMILES string of the molecule is CCn1cc(C(=O)CSc2nc(C)cc(COC)c2C#N)c2ccccc21. The fourth-order valence-electron chi connectivity index (χ4n) is 3.15. The van der Waals surface area contributed by atoms with Gasteiger partial charge in [-0.05, 0) is 31.5 Å². The molecule has 0 radical (unpaired) electrons. The Morgan fingerprint density at radius 3 is 2.85 bits per heavy atom. The Bertz CT molecular complexity index is 1030. The zero-order valence-electron chi connectivity index (χ0n) is 15.7. The molecule has 138 valence electrons. The van der Waals surface area contributed by atoms with Crippen molar-refractivity contribution in [3.05, 3.63) is 58.9 Å². The molecule has 2 heterocycles. The maximum atomic E-state index is 12.9. The molecule has 3 rings (SSSR count). The maximum absolute atomic E-state index is 12.9. The number of hydrogen-bond donors (Lipinski definition) is 0. The number of nitriles is 1. The van der Waals surface area contributed by atoms with Gasteiger partial charge in [0.15, 0.2) is 5.78 Å². The van der Waals surface area contributed by atoms with Crippen LogP contribution in [0.5, 0.6) is 0 Å². The second-order valence-corrected chi connectivity index (χ2v) is 7.17. The number of thioether (sulfide) groups is 1. The molecule has 0 unspecified atom stereocenters. The van der Waals surface area contributed by atoms with Gasteiger partial charge in [0.1, 0.15) is 11.1 Å². The molecule has 0 fully saturated rings. The Morgan fingerprint density at radius 1 is 1.37 bits per heavy atom. The number of aromatic nitrogens is 2. The molecule has 3 aromatic rings. The van der Waals surface area contributed by atoms with Gasteiger partial charge in [0, 0.05) is 42.0 Å². The molecule has 2 aromatic heterocycles. The fourth-order valence-corrected chi connectivity index (χ4v) is 4.10. The summed E-state index contributed by atoms with van der Waals surface area (Å²) in [5, 5.41) is 11.1. The van der Waals surface area contributed by atoms with Gasteiger partial charge in [0.2, 0.25) is 0 Å². The smallest absolute Gasteiger partial charge is 0.175 e. The number of fused-ring (bicyclic) bond motifs is 1. The molecule has 0 saturated heterocycles. The molecule has 0 spiro atoms. The number of hydrogen-bond acceptors (Lipinski definition) is 5. The lowest BCUT2D eigenvalue weighted by Gasteiger charge is -2.09. The molecule has 0 aliphatic rings. The Morgan fingerprint density at radius 2 is 2.15 bits per heavy atom. The number of nitrogens with zero attached hydrogens (tertiary/aromatic N) is 3. The van der Waals surface area contributed by atoms with Crippen molar-refractivity contribution in [2.24, 2.45) is 0 Å². The predicted molar refractivity (Wildman–Crippen MR) is 107 cm³/mol. The summed E-state index contributed by atoms with van der Waals surface area (Å²) in [5.41, 5.74) is 3.85. The van der Waals surface area contributed by atoms with Gasteiger partial charge in [-0.2, -0.15) is 5.26 Å². The number of methoxy groups -OCH3 is 1. The zero-order valence-corrected chi connectivity index (χ0v) is 16.5. The summed E-state index contributed by atoms with van der Waals surface area (Å²) in [5.74, 6) is 0.263. The normalized spacial score (nSPS) is 10.9. The number of ketones is 1. The van der Waals surface area contributed by atoms with Crippen LogP contribution in [0.4, 0.5) is 0 Å². The second-order valence-electron chi connectivity index (χ2n) is 6.21. The van der Waals surface area contributed by atoms with Crippen LogP contribution in [-0.2, 0) is 17.9 Å². The maximum Gasteiger partial charge on any atom is 0.175 e. The summed E-state index contributed by atoms with van der Waals surface area (Å²) in [7, 11) is 1.59. The van der Waals surface area contributed by atoms with Crippen molar-refractivity contribution in [3.63, 3.8) is 0 Å². The van der Waals surface area contributed by atoms with E-state index in [1.807, 2.05) is 43.5 Å². The van der Waals surface area contributed by atoms with E-state index < -0.39 is 0 Å². The number of Topliss-reactive ketones (excluding diaryl/α,β-unsaturated/α-hetero) is 1. The Labute approximate surface area is 163 Å². The molecule has 6 heteroatoms. The Hall–Kier alpha value is -2.62. The van der Waals surface area contributed by atoms with E-state index in [1.54, 1.807) is 7.11 Å². The third-order valence-electron chi connectivity index (χ3n) is 4.38. The summed E-state index contributed by atoms with van der Waals surface area (Å²) < 4.78 is 7.26. The molecule has 0 aliphatic heterocycles. The Kier molecular flexibility index (Phi) is 5.94.